The van der Waals surface area contributed by atoms with Gasteiger partial charge in [0.05, 0.1) is 0 Å². The molecule has 0 saturated carbocycles. The number of aliphatic carboxylic acids is 1. The third kappa shape index (κ3) is 3.34. The first-order chi connectivity index (χ1) is 13.6. The summed E-state index contributed by atoms with van der Waals surface area (Å²) in [4.78, 5) is 10.9. The Kier molecular flexibility index (Phi) is 5.25. The molecule has 142 valence electrons. The zero-order valence-electron chi connectivity index (χ0n) is 15.8. The third-order valence-electron chi connectivity index (χ3n) is 5.42. The Morgan fingerprint density at radius 2 is 1.64 bits per heavy atom. The van der Waals surface area contributed by atoms with Gasteiger partial charge in [0.1, 0.15) is 6.04 Å². The first-order valence-corrected chi connectivity index (χ1v) is 10.6. The number of carboxylic acids is 1. The smallest absolute Gasteiger partial charge is 0.320 e. The molecule has 3 nitrogen and oxygen atoms in total. The van der Waals surface area contributed by atoms with Crippen LogP contribution in [0.1, 0.15) is 17.5 Å². The van der Waals surface area contributed by atoms with Gasteiger partial charge in [0.2, 0.25) is 0 Å². The normalized spacial score (nSPS) is 12.6. The zero-order valence-corrected chi connectivity index (χ0v) is 16.6. The van der Waals surface area contributed by atoms with Gasteiger partial charge in [-0.05, 0) is 62.5 Å². The second-order valence-electron chi connectivity index (χ2n) is 7.14. The number of hydrogen-bond donors (Lipinski definition) is 2. The van der Waals surface area contributed by atoms with E-state index in [0.717, 1.165) is 11.5 Å². The fraction of sp³-hybridized carbons (Fsp3) is 0.208. The number of hydrogen-bond acceptors (Lipinski definition) is 3. The van der Waals surface area contributed by atoms with E-state index in [1.165, 1.54) is 43.4 Å². The van der Waals surface area contributed by atoms with Gasteiger partial charge in [-0.3, -0.25) is 4.79 Å². The summed E-state index contributed by atoms with van der Waals surface area (Å²) in [6, 6.07) is 20.7. The van der Waals surface area contributed by atoms with Gasteiger partial charge in [-0.1, -0.05) is 60.7 Å². The molecule has 0 radical (unpaired) electrons. The van der Waals surface area contributed by atoms with E-state index in [9.17, 15) is 4.79 Å². The molecule has 28 heavy (non-hydrogen) atoms. The monoisotopic (exact) mass is 389 g/mol. The molecule has 0 aliphatic heterocycles. The van der Waals surface area contributed by atoms with Crippen LogP contribution >= 0.6 is 11.8 Å². The van der Waals surface area contributed by atoms with Crippen molar-refractivity contribution >= 4 is 50.0 Å². The first kappa shape index (κ1) is 18.8. The first-order valence-electron chi connectivity index (χ1n) is 9.45. The number of rotatable bonds is 6. The van der Waals surface area contributed by atoms with Crippen LogP contribution < -0.4 is 5.73 Å². The average Bonchev–Trinajstić information content (AvgIpc) is 2.72. The van der Waals surface area contributed by atoms with Crippen LogP contribution in [-0.4, -0.2) is 22.9 Å². The second-order valence-corrected chi connectivity index (χ2v) is 8.25. The Morgan fingerprint density at radius 3 is 2.39 bits per heavy atom. The Morgan fingerprint density at radius 1 is 0.964 bits per heavy atom. The van der Waals surface area contributed by atoms with Crippen molar-refractivity contribution in [2.45, 2.75) is 25.1 Å². The molecule has 0 aromatic heterocycles. The summed E-state index contributed by atoms with van der Waals surface area (Å²) in [6.45, 7) is 2.21. The van der Waals surface area contributed by atoms with Gasteiger partial charge in [0.25, 0.3) is 0 Å². The van der Waals surface area contributed by atoms with E-state index in [1.807, 2.05) is 0 Å². The van der Waals surface area contributed by atoms with Crippen LogP contribution in [0, 0.1) is 6.92 Å². The molecule has 0 aliphatic carbocycles. The Bertz CT molecular complexity index is 1190. The molecule has 4 heteroatoms. The van der Waals surface area contributed by atoms with Crippen LogP contribution in [0.5, 0.6) is 0 Å². The minimum Gasteiger partial charge on any atom is -0.480 e. The lowest BCUT2D eigenvalue weighted by molar-refractivity contribution is -0.138. The fourth-order valence-electron chi connectivity index (χ4n) is 3.94. The molecule has 3 N–H and O–H groups in total. The zero-order chi connectivity index (χ0) is 19.7. The predicted octanol–water partition coefficient (Wildman–Crippen LogP) is 5.49. The SMILES string of the molecule is Cc1c2ccccc2c(CSCC[C@H](N)C(=O)O)c2ccc3ccccc3c12. The summed E-state index contributed by atoms with van der Waals surface area (Å²) in [5.74, 6) is 0.630. The van der Waals surface area contributed by atoms with E-state index >= 15 is 0 Å². The van der Waals surface area contributed by atoms with Gasteiger partial charge >= 0.3 is 5.97 Å². The van der Waals surface area contributed by atoms with Crippen LogP contribution in [0.25, 0.3) is 32.3 Å². The number of carboxylic acid groups (broad SMARTS) is 1. The van der Waals surface area contributed by atoms with Crippen molar-refractivity contribution in [1.29, 1.82) is 0 Å². The van der Waals surface area contributed by atoms with Crippen LogP contribution in [-0.2, 0) is 10.5 Å². The van der Waals surface area contributed by atoms with E-state index in [0.29, 0.717) is 6.42 Å². The van der Waals surface area contributed by atoms with Crippen molar-refractivity contribution in [1.82, 2.24) is 0 Å². The number of carbonyl (C=O) groups is 1. The van der Waals surface area contributed by atoms with Crippen molar-refractivity contribution < 1.29 is 9.90 Å². The highest BCUT2D eigenvalue weighted by Gasteiger charge is 2.15. The maximum absolute atomic E-state index is 10.9. The van der Waals surface area contributed by atoms with Gasteiger partial charge in [0.15, 0.2) is 0 Å². The van der Waals surface area contributed by atoms with Crippen LogP contribution in [0.15, 0.2) is 60.7 Å². The molecular weight excluding hydrogens is 366 g/mol. The second kappa shape index (κ2) is 7.82. The lowest BCUT2D eigenvalue weighted by atomic mass is 9.90. The largest absolute Gasteiger partial charge is 0.480 e. The maximum Gasteiger partial charge on any atom is 0.320 e. The lowest BCUT2D eigenvalue weighted by Gasteiger charge is -2.17. The summed E-state index contributed by atoms with van der Waals surface area (Å²) in [5.41, 5.74) is 8.27. The average molecular weight is 390 g/mol. The molecule has 0 spiro atoms. The number of nitrogens with two attached hydrogens (primary N) is 1. The summed E-state index contributed by atoms with van der Waals surface area (Å²) >= 11 is 1.75. The van der Waals surface area contributed by atoms with Crippen molar-refractivity contribution in [3.63, 3.8) is 0 Å². The minimum atomic E-state index is -0.932. The third-order valence-corrected chi connectivity index (χ3v) is 6.44. The van der Waals surface area contributed by atoms with Gasteiger partial charge in [-0.15, -0.1) is 0 Å². The Labute approximate surface area is 168 Å². The maximum atomic E-state index is 10.9. The van der Waals surface area contributed by atoms with Gasteiger partial charge in [-0.25, -0.2) is 0 Å². The van der Waals surface area contributed by atoms with Crippen molar-refractivity contribution in [2.75, 3.05) is 5.75 Å². The molecular formula is C24H23NO2S. The van der Waals surface area contributed by atoms with E-state index in [2.05, 4.69) is 67.6 Å². The molecule has 0 saturated heterocycles. The van der Waals surface area contributed by atoms with Crippen LogP contribution in [0.3, 0.4) is 0 Å². The van der Waals surface area contributed by atoms with Crippen LogP contribution in [0.4, 0.5) is 0 Å². The van der Waals surface area contributed by atoms with Crippen molar-refractivity contribution in [3.8, 4) is 0 Å². The minimum absolute atomic E-state index is 0.477. The fourth-order valence-corrected chi connectivity index (χ4v) is 5.02. The molecule has 0 aliphatic rings. The standard InChI is InChI=1S/C24H23NO2S/c1-15-17-7-4-5-9-19(17)21(14-28-13-12-22(25)24(26)27)20-11-10-16-6-2-3-8-18(16)23(15)20/h2-11,22H,12-14,25H2,1H3,(H,26,27)/t22-/m0/s1. The lowest BCUT2D eigenvalue weighted by Crippen LogP contribution is -2.30. The van der Waals surface area contributed by atoms with Gasteiger partial charge in [-0.2, -0.15) is 11.8 Å². The van der Waals surface area contributed by atoms with Gasteiger partial charge < -0.3 is 10.8 Å². The number of aryl methyl sites for hydroxylation is 1. The van der Waals surface area contributed by atoms with E-state index in [1.54, 1.807) is 11.8 Å². The highest BCUT2D eigenvalue weighted by Crippen LogP contribution is 2.38. The highest BCUT2D eigenvalue weighted by molar-refractivity contribution is 7.98. The summed E-state index contributed by atoms with van der Waals surface area (Å²) < 4.78 is 0. The predicted molar refractivity (Wildman–Crippen MR) is 120 cm³/mol. The quantitative estimate of drug-likeness (QED) is 0.260. The highest BCUT2D eigenvalue weighted by atomic mass is 32.2. The Hall–Kier alpha value is -2.56. The van der Waals surface area contributed by atoms with Crippen molar-refractivity contribution in [3.05, 3.63) is 71.8 Å². The molecule has 0 bridgehead atoms. The number of benzene rings is 4. The molecule has 0 heterocycles. The topological polar surface area (TPSA) is 63.3 Å². The molecule has 4 rings (SSSR count). The molecule has 4 aromatic carbocycles. The summed E-state index contributed by atoms with van der Waals surface area (Å²) in [7, 11) is 0. The Balaban J connectivity index is 1.82. The molecule has 4 aromatic rings. The van der Waals surface area contributed by atoms with Gasteiger partial charge in [0, 0.05) is 5.75 Å². The van der Waals surface area contributed by atoms with Crippen LogP contribution in [0.2, 0.25) is 0 Å². The molecule has 0 unspecified atom stereocenters. The number of fused-ring (bicyclic) bond motifs is 4. The van der Waals surface area contributed by atoms with E-state index in [4.69, 9.17) is 10.8 Å². The molecule has 0 amide bonds. The van der Waals surface area contributed by atoms with Crippen molar-refractivity contribution in [2.24, 2.45) is 5.73 Å². The van der Waals surface area contributed by atoms with E-state index < -0.39 is 12.0 Å². The summed E-state index contributed by atoms with van der Waals surface area (Å²) in [6.07, 6.45) is 0.477. The van der Waals surface area contributed by atoms with E-state index in [-0.39, 0.29) is 0 Å². The molecule has 1 atom stereocenters. The summed E-state index contributed by atoms with van der Waals surface area (Å²) in [5, 5.41) is 16.7. The molecule has 0 fully saturated rings. The number of thioether (sulfide) groups is 1.